The summed E-state index contributed by atoms with van der Waals surface area (Å²) in [5, 5.41) is 10.8. The van der Waals surface area contributed by atoms with Gasteiger partial charge < -0.3 is 10.1 Å². The van der Waals surface area contributed by atoms with Crippen molar-refractivity contribution in [1.29, 1.82) is 0 Å². The van der Waals surface area contributed by atoms with Crippen molar-refractivity contribution in [3.8, 4) is 5.75 Å². The Balaban J connectivity index is 2.18. The van der Waals surface area contributed by atoms with Gasteiger partial charge in [0.25, 0.3) is 0 Å². The molecule has 2 rings (SSSR count). The van der Waals surface area contributed by atoms with Crippen LogP contribution in [0.15, 0.2) is 30.5 Å². The lowest BCUT2D eigenvalue weighted by atomic mass is 10.2. The van der Waals surface area contributed by atoms with E-state index >= 15 is 0 Å². The zero-order valence-corrected chi connectivity index (χ0v) is 10.5. The van der Waals surface area contributed by atoms with Gasteiger partial charge >= 0.3 is 0 Å². The normalized spacial score (nSPS) is 12.2. The van der Waals surface area contributed by atoms with Crippen LogP contribution in [0.25, 0.3) is 0 Å². The lowest BCUT2D eigenvalue weighted by Gasteiger charge is -2.15. The van der Waals surface area contributed by atoms with E-state index in [1.54, 1.807) is 13.3 Å². The van der Waals surface area contributed by atoms with Crippen LogP contribution in [0.1, 0.15) is 18.7 Å². The van der Waals surface area contributed by atoms with E-state index in [0.717, 1.165) is 17.1 Å². The van der Waals surface area contributed by atoms with Crippen LogP contribution in [-0.2, 0) is 0 Å². The van der Waals surface area contributed by atoms with Gasteiger partial charge in [-0.25, -0.2) is 0 Å². The van der Waals surface area contributed by atoms with Gasteiger partial charge in [0.15, 0.2) is 0 Å². The second-order valence-corrected chi connectivity index (χ2v) is 4.13. The van der Waals surface area contributed by atoms with Gasteiger partial charge in [0.05, 0.1) is 29.6 Å². The topological polar surface area (TPSA) is 49.9 Å². The number of rotatable bonds is 4. The van der Waals surface area contributed by atoms with Crippen molar-refractivity contribution >= 4 is 17.3 Å². The number of hydrogen-bond acceptors (Lipinski definition) is 3. The molecule has 1 aromatic carbocycles. The van der Waals surface area contributed by atoms with Crippen LogP contribution >= 0.6 is 11.6 Å². The molecule has 0 spiro atoms. The first-order chi connectivity index (χ1) is 8.20. The molecule has 0 radical (unpaired) electrons. The van der Waals surface area contributed by atoms with Crippen LogP contribution < -0.4 is 10.1 Å². The van der Waals surface area contributed by atoms with Gasteiger partial charge in [0.2, 0.25) is 0 Å². The van der Waals surface area contributed by atoms with Crippen molar-refractivity contribution in [2.45, 2.75) is 13.0 Å². The van der Waals surface area contributed by atoms with Crippen molar-refractivity contribution in [3.63, 3.8) is 0 Å². The molecule has 1 atom stereocenters. The average molecular weight is 252 g/mol. The Hall–Kier alpha value is -1.68. The summed E-state index contributed by atoms with van der Waals surface area (Å²) in [6.07, 6.45) is 1.72. The maximum Gasteiger partial charge on any atom is 0.121 e. The van der Waals surface area contributed by atoms with Gasteiger partial charge in [0.1, 0.15) is 5.75 Å². The Kier molecular flexibility index (Phi) is 3.54. The fraction of sp³-hybridized carbons (Fsp3) is 0.250. The third kappa shape index (κ3) is 2.71. The molecule has 0 saturated carbocycles. The number of halogens is 1. The van der Waals surface area contributed by atoms with Gasteiger partial charge in [-0.1, -0.05) is 11.6 Å². The molecular formula is C12H14ClN3O. The standard InChI is InChI=1S/C12H14ClN3O/c1-8(11-5-6-14-16-11)15-12-7-9(17-2)3-4-10(12)13/h3-8,15H,1-2H3,(H,14,16). The maximum absolute atomic E-state index is 6.11. The molecule has 5 heteroatoms. The molecule has 2 aromatic rings. The Morgan fingerprint density at radius 3 is 2.88 bits per heavy atom. The minimum atomic E-state index is 0.0992. The van der Waals surface area contributed by atoms with Crippen molar-refractivity contribution in [2.75, 3.05) is 12.4 Å². The molecule has 0 aliphatic carbocycles. The molecule has 0 saturated heterocycles. The van der Waals surface area contributed by atoms with Crippen molar-refractivity contribution < 1.29 is 4.74 Å². The minimum absolute atomic E-state index is 0.0992. The van der Waals surface area contributed by atoms with Crippen LogP contribution in [0.2, 0.25) is 5.02 Å². The SMILES string of the molecule is COc1ccc(Cl)c(NC(C)c2ccn[nH]2)c1. The number of H-pyrrole nitrogens is 1. The van der Waals surface area contributed by atoms with Crippen LogP contribution in [0.3, 0.4) is 0 Å². The summed E-state index contributed by atoms with van der Waals surface area (Å²) in [6.45, 7) is 2.03. The maximum atomic E-state index is 6.11. The second-order valence-electron chi connectivity index (χ2n) is 3.72. The van der Waals surface area contributed by atoms with Crippen molar-refractivity contribution in [3.05, 3.63) is 41.2 Å². The van der Waals surface area contributed by atoms with E-state index in [9.17, 15) is 0 Å². The predicted molar refractivity (Wildman–Crippen MR) is 68.6 cm³/mol. The molecule has 1 heterocycles. The molecule has 0 amide bonds. The third-order valence-corrected chi connectivity index (χ3v) is 2.86. The van der Waals surface area contributed by atoms with Crippen molar-refractivity contribution in [1.82, 2.24) is 10.2 Å². The smallest absolute Gasteiger partial charge is 0.121 e. The summed E-state index contributed by atoms with van der Waals surface area (Å²) in [4.78, 5) is 0. The van der Waals surface area contributed by atoms with Crippen LogP contribution in [0.5, 0.6) is 5.75 Å². The van der Waals surface area contributed by atoms with Gasteiger partial charge in [-0.3, -0.25) is 5.10 Å². The van der Waals surface area contributed by atoms with Gasteiger partial charge in [-0.05, 0) is 25.1 Å². The lowest BCUT2D eigenvalue weighted by molar-refractivity contribution is 0.415. The molecule has 0 fully saturated rings. The summed E-state index contributed by atoms with van der Waals surface area (Å²) in [5.74, 6) is 0.772. The van der Waals surface area contributed by atoms with Gasteiger partial charge in [-0.15, -0.1) is 0 Å². The molecular weight excluding hydrogens is 238 g/mol. The number of anilines is 1. The molecule has 90 valence electrons. The van der Waals surface area contributed by atoms with E-state index in [1.807, 2.05) is 31.2 Å². The molecule has 2 N–H and O–H groups in total. The van der Waals surface area contributed by atoms with E-state index < -0.39 is 0 Å². The molecule has 17 heavy (non-hydrogen) atoms. The number of nitrogens with zero attached hydrogens (tertiary/aromatic N) is 1. The van der Waals surface area contributed by atoms with Gasteiger partial charge in [0, 0.05) is 12.3 Å². The minimum Gasteiger partial charge on any atom is -0.497 e. The van der Waals surface area contributed by atoms with E-state index in [-0.39, 0.29) is 6.04 Å². The van der Waals surface area contributed by atoms with Crippen molar-refractivity contribution in [2.24, 2.45) is 0 Å². The highest BCUT2D eigenvalue weighted by atomic mass is 35.5. The number of benzene rings is 1. The van der Waals surface area contributed by atoms with E-state index in [4.69, 9.17) is 16.3 Å². The molecule has 0 aliphatic rings. The molecule has 1 unspecified atom stereocenters. The zero-order valence-electron chi connectivity index (χ0n) is 9.70. The number of methoxy groups -OCH3 is 1. The fourth-order valence-electron chi connectivity index (χ4n) is 1.56. The monoisotopic (exact) mass is 251 g/mol. The number of ether oxygens (including phenoxy) is 1. The first-order valence-corrected chi connectivity index (χ1v) is 5.68. The van der Waals surface area contributed by atoms with E-state index in [1.165, 1.54) is 0 Å². The summed E-state index contributed by atoms with van der Waals surface area (Å²) in [7, 11) is 1.63. The highest BCUT2D eigenvalue weighted by Crippen LogP contribution is 2.29. The van der Waals surface area contributed by atoms with Crippen LogP contribution in [0.4, 0.5) is 5.69 Å². The first-order valence-electron chi connectivity index (χ1n) is 5.30. The molecule has 4 nitrogen and oxygen atoms in total. The van der Waals surface area contributed by atoms with Gasteiger partial charge in [-0.2, -0.15) is 5.10 Å². The fourth-order valence-corrected chi connectivity index (χ4v) is 1.73. The zero-order chi connectivity index (χ0) is 12.3. The summed E-state index contributed by atoms with van der Waals surface area (Å²) in [5.41, 5.74) is 1.84. The Bertz CT molecular complexity index is 485. The molecule has 1 aromatic heterocycles. The third-order valence-electron chi connectivity index (χ3n) is 2.53. The first kappa shape index (κ1) is 11.8. The van der Waals surface area contributed by atoms with E-state index in [0.29, 0.717) is 5.02 Å². The number of nitrogens with one attached hydrogen (secondary N) is 2. The summed E-state index contributed by atoms with van der Waals surface area (Å²) < 4.78 is 5.16. The Morgan fingerprint density at radius 1 is 1.41 bits per heavy atom. The number of aromatic amines is 1. The summed E-state index contributed by atoms with van der Waals surface area (Å²) in [6, 6.07) is 7.53. The molecule has 0 aliphatic heterocycles. The Labute approximate surface area is 105 Å². The second kappa shape index (κ2) is 5.10. The predicted octanol–water partition coefficient (Wildman–Crippen LogP) is 3.24. The number of aromatic nitrogens is 2. The van der Waals surface area contributed by atoms with E-state index in [2.05, 4.69) is 15.5 Å². The van der Waals surface area contributed by atoms with Crippen LogP contribution in [0, 0.1) is 0 Å². The molecule has 0 bridgehead atoms. The summed E-state index contributed by atoms with van der Waals surface area (Å²) >= 11 is 6.11. The highest BCUT2D eigenvalue weighted by Gasteiger charge is 2.09. The number of hydrogen-bond donors (Lipinski definition) is 2. The average Bonchev–Trinajstić information content (AvgIpc) is 2.85. The highest BCUT2D eigenvalue weighted by molar-refractivity contribution is 6.33. The quantitative estimate of drug-likeness (QED) is 0.877. The lowest BCUT2D eigenvalue weighted by Crippen LogP contribution is -2.07. The Morgan fingerprint density at radius 2 is 2.24 bits per heavy atom. The largest absolute Gasteiger partial charge is 0.497 e. The van der Waals surface area contributed by atoms with Crippen LogP contribution in [-0.4, -0.2) is 17.3 Å².